The van der Waals surface area contributed by atoms with E-state index in [9.17, 15) is 39.6 Å². The Balaban J connectivity index is 1.34. The number of hydrogen-bond acceptors (Lipinski definition) is 11. The minimum absolute atomic E-state index is 0.0194. The topological polar surface area (TPSA) is 209 Å². The van der Waals surface area contributed by atoms with Gasteiger partial charge in [0.05, 0.1) is 18.7 Å². The van der Waals surface area contributed by atoms with E-state index in [-0.39, 0.29) is 29.7 Å². The highest BCUT2D eigenvalue weighted by Gasteiger charge is 2.64. The van der Waals surface area contributed by atoms with Crippen LogP contribution in [0.5, 0.6) is 17.2 Å². The average Bonchev–Trinajstić information content (AvgIpc) is 3.03. The standard InChI is InChI=1S/C35H33N3O10/c1-38(2)28-23-15-17-14-22-21(16-4-6-18(7-5-16)37-34(45)48-20-10-8-19(47-3)9-11-20)12-13-24(39)26(22)29(40)25(17)31(42)35(23,46)32(43)27(30(28)41)33(36)44/h4-13,17,23,28,39-40,43,46H,14-15H2,1-3H3,(H2,36,44)(H,37,45). The molecule has 0 radical (unpaired) electrons. The smallest absolute Gasteiger partial charge is 0.417 e. The van der Waals surface area contributed by atoms with E-state index in [1.54, 1.807) is 68.7 Å². The predicted molar refractivity (Wildman–Crippen MR) is 172 cm³/mol. The summed E-state index contributed by atoms with van der Waals surface area (Å²) in [6.07, 6.45) is -0.604. The fourth-order valence-corrected chi connectivity index (χ4v) is 7.14. The molecule has 6 rings (SSSR count). The Bertz CT molecular complexity index is 1930. The number of amides is 2. The van der Waals surface area contributed by atoms with Crippen molar-refractivity contribution in [2.45, 2.75) is 24.5 Å². The Morgan fingerprint density at radius 3 is 2.21 bits per heavy atom. The number of aliphatic hydroxyl groups is 3. The lowest BCUT2D eigenvalue weighted by molar-refractivity contribution is -0.153. The molecule has 48 heavy (non-hydrogen) atoms. The summed E-state index contributed by atoms with van der Waals surface area (Å²) in [4.78, 5) is 53.5. The molecule has 0 saturated heterocycles. The molecule has 13 heteroatoms. The highest BCUT2D eigenvalue weighted by Crippen LogP contribution is 2.53. The van der Waals surface area contributed by atoms with Crippen molar-refractivity contribution < 1.29 is 49.1 Å². The van der Waals surface area contributed by atoms with Crippen molar-refractivity contribution in [2.75, 3.05) is 26.5 Å². The van der Waals surface area contributed by atoms with Crippen molar-refractivity contribution in [1.29, 1.82) is 0 Å². The zero-order valence-electron chi connectivity index (χ0n) is 26.2. The van der Waals surface area contributed by atoms with Gasteiger partial charge in [0, 0.05) is 17.2 Å². The van der Waals surface area contributed by atoms with Crippen molar-refractivity contribution in [2.24, 2.45) is 17.6 Å². The summed E-state index contributed by atoms with van der Waals surface area (Å²) in [5.74, 6) is -6.20. The van der Waals surface area contributed by atoms with Gasteiger partial charge >= 0.3 is 6.09 Å². The molecule has 13 nitrogen and oxygen atoms in total. The van der Waals surface area contributed by atoms with Gasteiger partial charge in [-0.15, -0.1) is 0 Å². The van der Waals surface area contributed by atoms with Crippen molar-refractivity contribution >= 4 is 35.0 Å². The van der Waals surface area contributed by atoms with E-state index in [0.29, 0.717) is 33.9 Å². The number of aliphatic hydroxyl groups excluding tert-OH is 2. The Labute approximate surface area is 274 Å². The molecule has 1 saturated carbocycles. The normalized spacial score (nSPS) is 23.3. The molecule has 0 spiro atoms. The van der Waals surface area contributed by atoms with E-state index in [2.05, 4.69) is 5.32 Å². The van der Waals surface area contributed by atoms with Crippen LogP contribution in [-0.2, 0) is 20.8 Å². The van der Waals surface area contributed by atoms with Crippen LogP contribution >= 0.6 is 0 Å². The lowest BCUT2D eigenvalue weighted by Crippen LogP contribution is -2.65. The van der Waals surface area contributed by atoms with E-state index in [0.717, 1.165) is 0 Å². The van der Waals surface area contributed by atoms with E-state index < -0.39 is 64.1 Å². The maximum atomic E-state index is 14.0. The molecule has 3 aromatic rings. The predicted octanol–water partition coefficient (Wildman–Crippen LogP) is 3.25. The highest BCUT2D eigenvalue weighted by atomic mass is 16.6. The van der Waals surface area contributed by atoms with Crippen molar-refractivity contribution in [1.82, 2.24) is 4.90 Å². The number of nitrogens with two attached hydrogens (primary N) is 1. The summed E-state index contributed by atoms with van der Waals surface area (Å²) in [6.45, 7) is 0. The Kier molecular flexibility index (Phi) is 7.97. The van der Waals surface area contributed by atoms with E-state index >= 15 is 0 Å². The van der Waals surface area contributed by atoms with Crippen LogP contribution in [0.25, 0.3) is 16.9 Å². The van der Waals surface area contributed by atoms with Crippen molar-refractivity contribution in [3.63, 3.8) is 0 Å². The van der Waals surface area contributed by atoms with Crippen molar-refractivity contribution in [3.8, 4) is 28.4 Å². The number of ether oxygens (including phenoxy) is 2. The third-order valence-corrected chi connectivity index (χ3v) is 9.32. The monoisotopic (exact) mass is 655 g/mol. The lowest BCUT2D eigenvalue weighted by atomic mass is 9.57. The van der Waals surface area contributed by atoms with Gasteiger partial charge in [-0.1, -0.05) is 18.2 Å². The molecule has 1 fully saturated rings. The molecule has 3 aliphatic carbocycles. The second kappa shape index (κ2) is 11.9. The van der Waals surface area contributed by atoms with Gasteiger partial charge < -0.3 is 35.6 Å². The van der Waals surface area contributed by atoms with Gasteiger partial charge in [0.2, 0.25) is 5.78 Å². The number of Topliss-reactive ketones (excluding diaryl/α,β-unsaturated/α-hetero) is 2. The maximum Gasteiger partial charge on any atom is 0.417 e. The van der Waals surface area contributed by atoms with Crippen LogP contribution in [-0.4, -0.2) is 81.7 Å². The Hall–Kier alpha value is -5.66. The number of fused-ring (bicyclic) bond motifs is 3. The van der Waals surface area contributed by atoms with Gasteiger partial charge in [0.1, 0.15) is 34.3 Å². The summed E-state index contributed by atoms with van der Waals surface area (Å²) in [5.41, 5.74) is 3.79. The molecule has 0 heterocycles. The van der Waals surface area contributed by atoms with Gasteiger partial charge in [-0.3, -0.25) is 24.6 Å². The molecule has 0 bridgehead atoms. The van der Waals surface area contributed by atoms with Gasteiger partial charge in [-0.05, 0) is 92.0 Å². The van der Waals surface area contributed by atoms with Crippen LogP contribution in [0.3, 0.4) is 0 Å². The summed E-state index contributed by atoms with van der Waals surface area (Å²) >= 11 is 0. The van der Waals surface area contributed by atoms with Crippen LogP contribution < -0.4 is 20.5 Å². The third kappa shape index (κ3) is 5.04. The minimum atomic E-state index is -2.71. The molecular formula is C35H33N3O10. The van der Waals surface area contributed by atoms with Gasteiger partial charge in [0.25, 0.3) is 5.91 Å². The van der Waals surface area contributed by atoms with Gasteiger partial charge in [-0.2, -0.15) is 0 Å². The molecule has 3 aliphatic rings. The van der Waals surface area contributed by atoms with Crippen LogP contribution in [0.2, 0.25) is 0 Å². The molecule has 248 valence electrons. The first-order valence-corrected chi connectivity index (χ1v) is 15.0. The largest absolute Gasteiger partial charge is 0.508 e. The number of rotatable bonds is 6. The first-order valence-electron chi connectivity index (χ1n) is 15.0. The molecule has 0 aromatic heterocycles. The van der Waals surface area contributed by atoms with E-state index in [1.165, 1.54) is 18.1 Å². The zero-order valence-corrected chi connectivity index (χ0v) is 26.2. The number of anilines is 1. The highest BCUT2D eigenvalue weighted by molar-refractivity contribution is 6.24. The molecule has 2 amide bonds. The van der Waals surface area contributed by atoms with Crippen LogP contribution in [0, 0.1) is 11.8 Å². The summed E-state index contributed by atoms with van der Waals surface area (Å²) in [6, 6.07) is 15.1. The second-order valence-electron chi connectivity index (χ2n) is 12.2. The third-order valence-electron chi connectivity index (χ3n) is 9.32. The number of likely N-dealkylation sites (N-methyl/N-ethyl adjacent to an activating group) is 1. The maximum absolute atomic E-state index is 14.0. The number of nitrogens with one attached hydrogen (secondary N) is 1. The summed E-state index contributed by atoms with van der Waals surface area (Å²) < 4.78 is 10.4. The number of primary amides is 1. The number of aromatic hydroxyl groups is 1. The van der Waals surface area contributed by atoms with E-state index in [1.807, 2.05) is 0 Å². The SMILES string of the molecule is COc1ccc(OC(=O)Nc2ccc(-c3ccc(O)c4c3CC3CC5C(N(C)C)C(=O)C(C(N)=O)=C(O)C5(O)C(=O)C3=C4O)cc2)cc1. The number of ketones is 2. The van der Waals surface area contributed by atoms with Gasteiger partial charge in [-0.25, -0.2) is 4.79 Å². The Morgan fingerprint density at radius 1 is 0.958 bits per heavy atom. The second-order valence-corrected chi connectivity index (χ2v) is 12.2. The number of phenols is 1. The van der Waals surface area contributed by atoms with Crippen molar-refractivity contribution in [3.05, 3.63) is 88.7 Å². The molecular weight excluding hydrogens is 622 g/mol. The molecule has 4 atom stereocenters. The lowest BCUT2D eigenvalue weighted by Gasteiger charge is -2.50. The zero-order chi connectivity index (χ0) is 34.7. The van der Waals surface area contributed by atoms with Crippen LogP contribution in [0.15, 0.2) is 77.6 Å². The minimum Gasteiger partial charge on any atom is -0.508 e. The quantitative estimate of drug-likeness (QED) is 0.212. The van der Waals surface area contributed by atoms with E-state index in [4.69, 9.17) is 15.2 Å². The fraction of sp³-hybridized carbons (Fsp3) is 0.257. The summed E-state index contributed by atoms with van der Waals surface area (Å²) in [5, 5.41) is 47.8. The molecule has 4 unspecified atom stereocenters. The number of hydrogen-bond donors (Lipinski definition) is 6. The number of methoxy groups -OCH3 is 1. The first-order chi connectivity index (χ1) is 22.8. The Morgan fingerprint density at radius 2 is 1.60 bits per heavy atom. The van der Waals surface area contributed by atoms with Crippen LogP contribution in [0.1, 0.15) is 17.5 Å². The molecule has 3 aromatic carbocycles. The number of carbonyl (C=O) groups is 4. The summed E-state index contributed by atoms with van der Waals surface area (Å²) in [7, 11) is 4.61. The van der Waals surface area contributed by atoms with Gasteiger partial charge in [0.15, 0.2) is 11.4 Å². The number of nitrogens with zero attached hydrogens (tertiary/aromatic N) is 1. The molecule has 7 N–H and O–H groups in total. The van der Waals surface area contributed by atoms with Crippen LogP contribution in [0.4, 0.5) is 10.5 Å². The number of carbonyl (C=O) groups excluding carboxylic acids is 4. The fourth-order valence-electron chi connectivity index (χ4n) is 7.14. The number of phenolic OH excluding ortho intramolecular Hbond substituents is 1. The molecule has 0 aliphatic heterocycles. The first kappa shape index (κ1) is 32.3. The number of benzene rings is 3. The average molecular weight is 656 g/mol.